The molecular weight excluding hydrogens is 224 g/mol. The summed E-state index contributed by atoms with van der Waals surface area (Å²) in [5.41, 5.74) is 7.15. The predicted octanol–water partition coefficient (Wildman–Crippen LogP) is 2.32. The number of hydrogen-bond acceptors (Lipinski definition) is 3. The minimum Gasteiger partial charge on any atom is -0.388 e. The molecule has 3 N–H and O–H groups in total. The fourth-order valence-corrected chi connectivity index (χ4v) is 1.49. The van der Waals surface area contributed by atoms with E-state index in [-0.39, 0.29) is 24.1 Å². The number of rotatable bonds is 5. The standard InChI is InChI=1S/C12H18N2O.ClH/c1-9(6-7-13)12(15)10-4-3-5-11(8-10)14-2;/h3-5,8-9,14H,6-7,13H2,1-2H3;1H. The van der Waals surface area contributed by atoms with Gasteiger partial charge in [-0.3, -0.25) is 4.79 Å². The molecule has 16 heavy (non-hydrogen) atoms. The molecule has 0 aromatic heterocycles. The number of anilines is 1. The fraction of sp³-hybridized carbons (Fsp3) is 0.417. The van der Waals surface area contributed by atoms with Gasteiger partial charge in [-0.1, -0.05) is 19.1 Å². The smallest absolute Gasteiger partial charge is 0.165 e. The van der Waals surface area contributed by atoms with Crippen LogP contribution in [0, 0.1) is 5.92 Å². The molecule has 0 radical (unpaired) electrons. The van der Waals surface area contributed by atoms with E-state index in [0.29, 0.717) is 6.54 Å². The number of halogens is 1. The normalized spacial score (nSPS) is 11.4. The molecule has 0 aliphatic carbocycles. The molecule has 0 amide bonds. The van der Waals surface area contributed by atoms with Gasteiger partial charge in [-0.15, -0.1) is 12.4 Å². The molecule has 90 valence electrons. The van der Waals surface area contributed by atoms with E-state index in [2.05, 4.69) is 5.32 Å². The van der Waals surface area contributed by atoms with E-state index >= 15 is 0 Å². The van der Waals surface area contributed by atoms with Gasteiger partial charge in [0.05, 0.1) is 0 Å². The van der Waals surface area contributed by atoms with Crippen LogP contribution < -0.4 is 11.1 Å². The first-order chi connectivity index (χ1) is 7.19. The lowest BCUT2D eigenvalue weighted by molar-refractivity contribution is 0.0925. The van der Waals surface area contributed by atoms with Gasteiger partial charge in [-0.25, -0.2) is 0 Å². The lowest BCUT2D eigenvalue weighted by atomic mass is 9.96. The third kappa shape index (κ3) is 3.83. The van der Waals surface area contributed by atoms with Gasteiger partial charge in [0.15, 0.2) is 5.78 Å². The number of carbonyl (C=O) groups excluding carboxylic acids is 1. The van der Waals surface area contributed by atoms with Gasteiger partial charge >= 0.3 is 0 Å². The molecule has 1 atom stereocenters. The van der Waals surface area contributed by atoms with E-state index < -0.39 is 0 Å². The van der Waals surface area contributed by atoms with Gasteiger partial charge < -0.3 is 11.1 Å². The second-order valence-corrected chi connectivity index (χ2v) is 3.67. The molecule has 0 bridgehead atoms. The summed E-state index contributed by atoms with van der Waals surface area (Å²) in [5, 5.41) is 3.02. The van der Waals surface area contributed by atoms with Crippen molar-refractivity contribution in [2.24, 2.45) is 11.7 Å². The minimum atomic E-state index is 0. The van der Waals surface area contributed by atoms with Crippen molar-refractivity contribution in [1.82, 2.24) is 0 Å². The zero-order chi connectivity index (χ0) is 11.3. The van der Waals surface area contributed by atoms with Gasteiger partial charge in [0.1, 0.15) is 0 Å². The lowest BCUT2D eigenvalue weighted by Gasteiger charge is -2.09. The summed E-state index contributed by atoms with van der Waals surface area (Å²) in [7, 11) is 1.84. The molecule has 0 heterocycles. The summed E-state index contributed by atoms with van der Waals surface area (Å²) in [6.07, 6.45) is 0.739. The van der Waals surface area contributed by atoms with E-state index in [1.165, 1.54) is 0 Å². The third-order valence-corrected chi connectivity index (χ3v) is 2.48. The first kappa shape index (κ1) is 14.9. The molecule has 1 rings (SSSR count). The first-order valence-electron chi connectivity index (χ1n) is 5.21. The highest BCUT2D eigenvalue weighted by molar-refractivity contribution is 5.98. The molecule has 0 spiro atoms. The van der Waals surface area contributed by atoms with Crippen LogP contribution in [0.5, 0.6) is 0 Å². The summed E-state index contributed by atoms with van der Waals surface area (Å²) in [6, 6.07) is 7.53. The predicted molar refractivity (Wildman–Crippen MR) is 70.4 cm³/mol. The molecule has 4 heteroatoms. The van der Waals surface area contributed by atoms with Crippen LogP contribution in [-0.4, -0.2) is 19.4 Å². The topological polar surface area (TPSA) is 55.1 Å². The average molecular weight is 243 g/mol. The Kier molecular flexibility index (Phi) is 6.77. The SMILES string of the molecule is CNc1cccc(C(=O)C(C)CCN)c1.Cl. The zero-order valence-electron chi connectivity index (χ0n) is 9.69. The number of carbonyl (C=O) groups is 1. The highest BCUT2D eigenvalue weighted by Crippen LogP contribution is 2.15. The Morgan fingerprint density at radius 1 is 1.50 bits per heavy atom. The molecule has 0 aliphatic rings. The molecule has 0 aliphatic heterocycles. The monoisotopic (exact) mass is 242 g/mol. The fourth-order valence-electron chi connectivity index (χ4n) is 1.49. The maximum Gasteiger partial charge on any atom is 0.165 e. The van der Waals surface area contributed by atoms with Crippen molar-refractivity contribution >= 4 is 23.9 Å². The molecule has 1 unspecified atom stereocenters. The van der Waals surface area contributed by atoms with Crippen molar-refractivity contribution < 1.29 is 4.79 Å². The van der Waals surface area contributed by atoms with E-state index in [4.69, 9.17) is 5.73 Å². The van der Waals surface area contributed by atoms with Crippen molar-refractivity contribution in [1.29, 1.82) is 0 Å². The Bertz CT molecular complexity index is 342. The van der Waals surface area contributed by atoms with Crippen LogP contribution in [0.1, 0.15) is 23.7 Å². The van der Waals surface area contributed by atoms with Crippen LogP contribution in [-0.2, 0) is 0 Å². The Morgan fingerprint density at radius 2 is 2.19 bits per heavy atom. The molecule has 1 aromatic rings. The number of nitrogens with two attached hydrogens (primary N) is 1. The average Bonchev–Trinajstić information content (AvgIpc) is 2.28. The highest BCUT2D eigenvalue weighted by Gasteiger charge is 2.14. The molecular formula is C12H19ClN2O. The minimum absolute atomic E-state index is 0. The first-order valence-corrected chi connectivity index (χ1v) is 5.21. The van der Waals surface area contributed by atoms with Crippen molar-refractivity contribution in [3.63, 3.8) is 0 Å². The number of benzene rings is 1. The van der Waals surface area contributed by atoms with Crippen LogP contribution in [0.25, 0.3) is 0 Å². The molecule has 3 nitrogen and oxygen atoms in total. The van der Waals surface area contributed by atoms with E-state index in [9.17, 15) is 4.79 Å². The van der Waals surface area contributed by atoms with E-state index in [1.54, 1.807) is 0 Å². The number of nitrogens with one attached hydrogen (secondary N) is 1. The second kappa shape index (κ2) is 7.25. The zero-order valence-corrected chi connectivity index (χ0v) is 10.5. The van der Waals surface area contributed by atoms with Gasteiger partial charge in [-0.05, 0) is 25.1 Å². The maximum absolute atomic E-state index is 11.9. The number of ketones is 1. The Morgan fingerprint density at radius 3 is 2.75 bits per heavy atom. The van der Waals surface area contributed by atoms with Crippen molar-refractivity contribution in [3.05, 3.63) is 29.8 Å². The molecule has 1 aromatic carbocycles. The molecule has 0 fully saturated rings. The van der Waals surface area contributed by atoms with E-state index in [1.807, 2.05) is 38.2 Å². The molecule has 0 saturated carbocycles. The summed E-state index contributed by atoms with van der Waals surface area (Å²) in [5.74, 6) is 0.166. The molecule has 0 saturated heterocycles. The van der Waals surface area contributed by atoms with Gasteiger partial charge in [0.2, 0.25) is 0 Å². The van der Waals surface area contributed by atoms with Crippen LogP contribution in [0.4, 0.5) is 5.69 Å². The summed E-state index contributed by atoms with van der Waals surface area (Å²) < 4.78 is 0. The van der Waals surface area contributed by atoms with Gasteiger partial charge in [0.25, 0.3) is 0 Å². The maximum atomic E-state index is 11.9. The summed E-state index contributed by atoms with van der Waals surface area (Å²) in [6.45, 7) is 2.47. The van der Waals surface area contributed by atoms with Crippen LogP contribution in [0.3, 0.4) is 0 Å². The second-order valence-electron chi connectivity index (χ2n) is 3.67. The van der Waals surface area contributed by atoms with E-state index in [0.717, 1.165) is 17.7 Å². The van der Waals surface area contributed by atoms with Crippen LogP contribution >= 0.6 is 12.4 Å². The largest absolute Gasteiger partial charge is 0.388 e. The van der Waals surface area contributed by atoms with Crippen LogP contribution in [0.2, 0.25) is 0 Å². The Balaban J connectivity index is 0.00000225. The Labute approximate surface area is 103 Å². The lowest BCUT2D eigenvalue weighted by Crippen LogP contribution is -2.15. The van der Waals surface area contributed by atoms with Crippen molar-refractivity contribution in [2.45, 2.75) is 13.3 Å². The van der Waals surface area contributed by atoms with Gasteiger partial charge in [-0.2, -0.15) is 0 Å². The quantitative estimate of drug-likeness (QED) is 0.780. The summed E-state index contributed by atoms with van der Waals surface area (Å²) >= 11 is 0. The number of hydrogen-bond donors (Lipinski definition) is 2. The number of Topliss-reactive ketones (excluding diaryl/α,β-unsaturated/α-hetero) is 1. The Hall–Kier alpha value is -1.06. The third-order valence-electron chi connectivity index (χ3n) is 2.48. The highest BCUT2D eigenvalue weighted by atomic mass is 35.5. The summed E-state index contributed by atoms with van der Waals surface area (Å²) in [4.78, 5) is 11.9. The van der Waals surface area contributed by atoms with Crippen molar-refractivity contribution in [2.75, 3.05) is 18.9 Å². The van der Waals surface area contributed by atoms with Gasteiger partial charge in [0, 0.05) is 24.2 Å². The van der Waals surface area contributed by atoms with Crippen molar-refractivity contribution in [3.8, 4) is 0 Å². The van der Waals surface area contributed by atoms with Crippen LogP contribution in [0.15, 0.2) is 24.3 Å².